The van der Waals surface area contributed by atoms with Gasteiger partial charge < -0.3 is 20.1 Å². The average Bonchev–Trinajstić information content (AvgIpc) is 2.75. The molecule has 1 saturated carbocycles. The van der Waals surface area contributed by atoms with E-state index in [-0.39, 0.29) is 17.2 Å². The zero-order chi connectivity index (χ0) is 23.3. The van der Waals surface area contributed by atoms with Gasteiger partial charge in [-0.15, -0.1) is 0 Å². The number of carbonyl (C=O) groups is 2. The Morgan fingerprint density at radius 3 is 2.31 bits per heavy atom. The van der Waals surface area contributed by atoms with Gasteiger partial charge in [0.05, 0.1) is 0 Å². The third-order valence-corrected chi connectivity index (χ3v) is 7.45. The van der Waals surface area contributed by atoms with Gasteiger partial charge in [0.25, 0.3) is 11.5 Å². The second-order valence-corrected chi connectivity index (χ2v) is 9.67. The zero-order valence-corrected chi connectivity index (χ0v) is 19.5. The van der Waals surface area contributed by atoms with Crippen LogP contribution in [0.4, 0.5) is 0 Å². The van der Waals surface area contributed by atoms with Crippen LogP contribution >= 0.6 is 0 Å². The van der Waals surface area contributed by atoms with E-state index in [9.17, 15) is 24.6 Å². The van der Waals surface area contributed by atoms with Gasteiger partial charge in [-0.2, -0.15) is 0 Å². The van der Waals surface area contributed by atoms with Crippen LogP contribution < -0.4 is 10.9 Å². The van der Waals surface area contributed by atoms with Crippen molar-refractivity contribution in [2.75, 3.05) is 0 Å². The van der Waals surface area contributed by atoms with E-state index in [0.29, 0.717) is 24.9 Å². The molecule has 32 heavy (non-hydrogen) atoms. The molecule has 0 spiro atoms. The number of aliphatic carboxylic acids is 1. The summed E-state index contributed by atoms with van der Waals surface area (Å²) in [5.74, 6) is -2.34. The highest BCUT2D eigenvalue weighted by molar-refractivity contribution is 6.00. The molecule has 2 aliphatic rings. The minimum absolute atomic E-state index is 0.202. The van der Waals surface area contributed by atoms with Crippen molar-refractivity contribution in [1.82, 2.24) is 9.88 Å². The zero-order valence-electron chi connectivity index (χ0n) is 19.5. The Morgan fingerprint density at radius 2 is 1.69 bits per heavy atom. The smallest absolute Gasteiger partial charge is 0.329 e. The molecule has 0 aromatic carbocycles. The maximum Gasteiger partial charge on any atom is 0.329 e. The molecule has 1 heterocycles. The number of fused-ring (bicyclic) bond motifs is 1. The van der Waals surface area contributed by atoms with Gasteiger partial charge >= 0.3 is 5.97 Å². The fourth-order valence-electron chi connectivity index (χ4n) is 5.37. The van der Waals surface area contributed by atoms with Crippen LogP contribution in [0.3, 0.4) is 0 Å². The van der Waals surface area contributed by atoms with Crippen LogP contribution in [-0.4, -0.2) is 32.2 Å². The summed E-state index contributed by atoms with van der Waals surface area (Å²) in [5, 5.41) is 23.7. The number of rotatable bonds is 7. The third kappa shape index (κ3) is 4.86. The van der Waals surface area contributed by atoms with Crippen LogP contribution in [0.1, 0.15) is 106 Å². The Morgan fingerprint density at radius 1 is 1.06 bits per heavy atom. The number of amides is 1. The first-order valence-corrected chi connectivity index (χ1v) is 12.3. The first-order valence-electron chi connectivity index (χ1n) is 12.3. The fourth-order valence-corrected chi connectivity index (χ4v) is 5.37. The molecule has 3 rings (SSSR count). The van der Waals surface area contributed by atoms with Crippen molar-refractivity contribution in [3.63, 3.8) is 0 Å². The molecule has 0 radical (unpaired) electrons. The minimum Gasteiger partial charge on any atom is -0.507 e. The number of aromatic hydroxyl groups is 1. The van der Waals surface area contributed by atoms with Crippen molar-refractivity contribution in [2.45, 2.75) is 109 Å². The molecule has 178 valence electrons. The highest BCUT2D eigenvalue weighted by Gasteiger charge is 2.44. The van der Waals surface area contributed by atoms with Gasteiger partial charge in [-0.1, -0.05) is 45.4 Å². The molecule has 0 bridgehead atoms. The molecule has 0 aliphatic heterocycles. The average molecular weight is 447 g/mol. The van der Waals surface area contributed by atoms with E-state index < -0.39 is 23.0 Å². The Labute approximate surface area is 190 Å². The molecule has 1 atom stereocenters. The van der Waals surface area contributed by atoms with Gasteiger partial charge in [0, 0.05) is 17.8 Å². The third-order valence-electron chi connectivity index (χ3n) is 7.45. The molecule has 3 N–H and O–H groups in total. The summed E-state index contributed by atoms with van der Waals surface area (Å²) in [6.07, 6.45) is 11.4. The van der Waals surface area contributed by atoms with Gasteiger partial charge in [0.2, 0.25) is 0 Å². The Hall–Kier alpha value is -2.31. The van der Waals surface area contributed by atoms with Crippen LogP contribution in [-0.2, 0) is 24.2 Å². The van der Waals surface area contributed by atoms with E-state index in [1.807, 2.05) is 6.92 Å². The second kappa shape index (κ2) is 10.5. The lowest BCUT2D eigenvalue weighted by Gasteiger charge is -2.37. The van der Waals surface area contributed by atoms with Gasteiger partial charge in [-0.3, -0.25) is 9.59 Å². The highest BCUT2D eigenvalue weighted by Crippen LogP contribution is 2.34. The first-order chi connectivity index (χ1) is 15.3. The maximum atomic E-state index is 13.4. The SMILES string of the molecule is CCCCn1c2c(c(O)c(C(=O)NC(C)(C(=O)O)C3CCCCC3)c1=O)CCCCCC2. The predicted octanol–water partition coefficient (Wildman–Crippen LogP) is 4.17. The van der Waals surface area contributed by atoms with Crippen molar-refractivity contribution in [3.05, 3.63) is 27.2 Å². The topological polar surface area (TPSA) is 109 Å². The normalized spacial score (nSPS) is 19.3. The number of carboxylic acid groups (broad SMARTS) is 1. The fraction of sp³-hybridized carbons (Fsp3) is 0.720. The monoisotopic (exact) mass is 446 g/mol. The molecule has 0 saturated heterocycles. The Bertz CT molecular complexity index is 901. The van der Waals surface area contributed by atoms with E-state index in [1.165, 1.54) is 6.92 Å². The quantitative estimate of drug-likeness (QED) is 0.583. The van der Waals surface area contributed by atoms with Crippen LogP contribution in [0.25, 0.3) is 0 Å². The largest absolute Gasteiger partial charge is 0.507 e. The number of hydrogen-bond donors (Lipinski definition) is 3. The number of nitrogens with zero attached hydrogens (tertiary/aromatic N) is 1. The van der Waals surface area contributed by atoms with Crippen molar-refractivity contribution in [3.8, 4) is 5.75 Å². The van der Waals surface area contributed by atoms with Crippen LogP contribution in [0.15, 0.2) is 4.79 Å². The summed E-state index contributed by atoms with van der Waals surface area (Å²) in [6, 6.07) is 0. The summed E-state index contributed by atoms with van der Waals surface area (Å²) in [6.45, 7) is 4.08. The summed E-state index contributed by atoms with van der Waals surface area (Å²) in [7, 11) is 0. The number of hydrogen-bond acceptors (Lipinski definition) is 4. The van der Waals surface area contributed by atoms with E-state index in [2.05, 4.69) is 5.32 Å². The van der Waals surface area contributed by atoms with Crippen molar-refractivity contribution in [1.29, 1.82) is 0 Å². The standard InChI is InChI=1S/C25H38N2O5/c1-3-4-16-27-19-15-11-6-5-10-14-18(19)21(28)20(23(27)30)22(29)26-25(2,24(31)32)17-12-8-7-9-13-17/h17,28H,3-16H2,1-2H3,(H,26,29)(H,31,32). The Kier molecular flexibility index (Phi) is 8.01. The van der Waals surface area contributed by atoms with Crippen LogP contribution in [0, 0.1) is 5.92 Å². The van der Waals surface area contributed by atoms with Crippen molar-refractivity contribution >= 4 is 11.9 Å². The van der Waals surface area contributed by atoms with E-state index in [4.69, 9.17) is 0 Å². The number of aromatic nitrogens is 1. The summed E-state index contributed by atoms with van der Waals surface area (Å²) < 4.78 is 1.66. The molecule has 7 nitrogen and oxygen atoms in total. The molecular formula is C25H38N2O5. The molecule has 1 aromatic rings. The molecule has 1 aromatic heterocycles. The molecule has 7 heteroatoms. The van der Waals surface area contributed by atoms with Gasteiger partial charge in [0.1, 0.15) is 16.9 Å². The maximum absolute atomic E-state index is 13.4. The highest BCUT2D eigenvalue weighted by atomic mass is 16.4. The Balaban J connectivity index is 2.05. The minimum atomic E-state index is -1.48. The lowest BCUT2D eigenvalue weighted by Crippen LogP contribution is -2.58. The van der Waals surface area contributed by atoms with Crippen molar-refractivity contribution < 1.29 is 19.8 Å². The van der Waals surface area contributed by atoms with E-state index >= 15 is 0 Å². The summed E-state index contributed by atoms with van der Waals surface area (Å²) in [5.41, 5.74) is -0.770. The number of nitrogens with one attached hydrogen (secondary N) is 1. The lowest BCUT2D eigenvalue weighted by atomic mass is 9.75. The van der Waals surface area contributed by atoms with E-state index in [1.54, 1.807) is 4.57 Å². The van der Waals surface area contributed by atoms with Gasteiger partial charge in [-0.05, 0) is 57.8 Å². The molecule has 2 aliphatic carbocycles. The molecule has 1 amide bonds. The summed E-state index contributed by atoms with van der Waals surface area (Å²) >= 11 is 0. The molecule has 1 unspecified atom stereocenters. The second-order valence-electron chi connectivity index (χ2n) is 9.67. The van der Waals surface area contributed by atoms with Gasteiger partial charge in [-0.25, -0.2) is 4.79 Å². The van der Waals surface area contributed by atoms with Gasteiger partial charge in [0.15, 0.2) is 0 Å². The summed E-state index contributed by atoms with van der Waals surface area (Å²) in [4.78, 5) is 39.0. The van der Waals surface area contributed by atoms with E-state index in [0.717, 1.165) is 76.3 Å². The van der Waals surface area contributed by atoms with Crippen LogP contribution in [0.5, 0.6) is 5.75 Å². The van der Waals surface area contributed by atoms with Crippen LogP contribution in [0.2, 0.25) is 0 Å². The lowest BCUT2D eigenvalue weighted by molar-refractivity contribution is -0.146. The number of unbranched alkanes of at least 4 members (excludes halogenated alkanes) is 1. The number of pyridine rings is 1. The number of carboxylic acids is 1. The molecular weight excluding hydrogens is 408 g/mol. The van der Waals surface area contributed by atoms with Crippen molar-refractivity contribution in [2.24, 2.45) is 5.92 Å². The number of carbonyl (C=O) groups excluding carboxylic acids is 1. The predicted molar refractivity (Wildman–Crippen MR) is 123 cm³/mol. The first kappa shape index (κ1) is 24.3. The molecule has 1 fully saturated rings.